The SMILES string of the molecule is Cc1ccc(S)cc1C(=O)OCC1CCOCC1. The highest BCUT2D eigenvalue weighted by Crippen LogP contribution is 2.18. The monoisotopic (exact) mass is 266 g/mol. The standard InChI is InChI=1S/C14H18O3S/c1-10-2-3-12(18)8-13(10)14(15)17-9-11-4-6-16-7-5-11/h2-3,8,11,18H,4-7,9H2,1H3. The summed E-state index contributed by atoms with van der Waals surface area (Å²) in [6.45, 7) is 3.93. The van der Waals surface area contributed by atoms with E-state index in [1.807, 2.05) is 19.1 Å². The molecular formula is C14H18O3S. The third-order valence-corrected chi connectivity index (χ3v) is 3.51. The zero-order chi connectivity index (χ0) is 13.0. The molecule has 3 nitrogen and oxygen atoms in total. The van der Waals surface area contributed by atoms with E-state index in [9.17, 15) is 4.79 Å². The summed E-state index contributed by atoms with van der Waals surface area (Å²) in [5.41, 5.74) is 1.53. The van der Waals surface area contributed by atoms with Gasteiger partial charge in [-0.05, 0) is 43.4 Å². The van der Waals surface area contributed by atoms with Gasteiger partial charge in [0.25, 0.3) is 0 Å². The van der Waals surface area contributed by atoms with Crippen molar-refractivity contribution in [2.75, 3.05) is 19.8 Å². The number of ether oxygens (including phenoxy) is 2. The molecule has 1 fully saturated rings. The first-order valence-corrected chi connectivity index (χ1v) is 6.66. The molecule has 1 heterocycles. The van der Waals surface area contributed by atoms with E-state index in [-0.39, 0.29) is 5.97 Å². The van der Waals surface area contributed by atoms with Crippen LogP contribution in [0.4, 0.5) is 0 Å². The maximum absolute atomic E-state index is 12.0. The summed E-state index contributed by atoms with van der Waals surface area (Å²) in [6.07, 6.45) is 1.94. The Morgan fingerprint density at radius 3 is 2.89 bits per heavy atom. The van der Waals surface area contributed by atoms with Crippen molar-refractivity contribution < 1.29 is 14.3 Å². The van der Waals surface area contributed by atoms with Gasteiger partial charge in [0, 0.05) is 18.1 Å². The molecule has 1 saturated heterocycles. The van der Waals surface area contributed by atoms with Gasteiger partial charge in [-0.25, -0.2) is 4.79 Å². The molecule has 2 rings (SSSR count). The van der Waals surface area contributed by atoms with Crippen molar-refractivity contribution in [3.05, 3.63) is 29.3 Å². The lowest BCUT2D eigenvalue weighted by Crippen LogP contribution is -2.22. The number of rotatable bonds is 3. The minimum Gasteiger partial charge on any atom is -0.462 e. The van der Waals surface area contributed by atoms with E-state index in [0.717, 1.165) is 36.5 Å². The molecule has 0 aromatic heterocycles. The fraction of sp³-hybridized carbons (Fsp3) is 0.500. The van der Waals surface area contributed by atoms with Gasteiger partial charge in [0.1, 0.15) is 0 Å². The molecule has 0 unspecified atom stereocenters. The molecule has 0 atom stereocenters. The highest BCUT2D eigenvalue weighted by atomic mass is 32.1. The first-order valence-electron chi connectivity index (χ1n) is 6.21. The molecule has 1 aromatic carbocycles. The first kappa shape index (κ1) is 13.4. The molecule has 1 aliphatic heterocycles. The Bertz CT molecular complexity index is 425. The Hall–Kier alpha value is -1.00. The van der Waals surface area contributed by atoms with Crippen LogP contribution in [-0.4, -0.2) is 25.8 Å². The van der Waals surface area contributed by atoms with Crippen LogP contribution in [0.15, 0.2) is 23.1 Å². The Balaban J connectivity index is 1.92. The Morgan fingerprint density at radius 1 is 1.44 bits per heavy atom. The summed E-state index contributed by atoms with van der Waals surface area (Å²) in [5.74, 6) is 0.178. The zero-order valence-corrected chi connectivity index (χ0v) is 11.4. The lowest BCUT2D eigenvalue weighted by atomic mass is 10.0. The smallest absolute Gasteiger partial charge is 0.338 e. The largest absolute Gasteiger partial charge is 0.462 e. The minimum absolute atomic E-state index is 0.255. The third-order valence-electron chi connectivity index (χ3n) is 3.23. The maximum atomic E-state index is 12.0. The second kappa shape index (κ2) is 6.25. The number of aryl methyl sites for hydroxylation is 1. The predicted molar refractivity (Wildman–Crippen MR) is 72.3 cm³/mol. The van der Waals surface area contributed by atoms with Crippen molar-refractivity contribution in [2.24, 2.45) is 5.92 Å². The normalized spacial score (nSPS) is 16.6. The number of hydrogen-bond acceptors (Lipinski definition) is 4. The quantitative estimate of drug-likeness (QED) is 0.675. The first-order chi connectivity index (χ1) is 8.66. The van der Waals surface area contributed by atoms with E-state index in [4.69, 9.17) is 9.47 Å². The van der Waals surface area contributed by atoms with Gasteiger partial charge in [-0.3, -0.25) is 0 Å². The van der Waals surface area contributed by atoms with Gasteiger partial charge >= 0.3 is 5.97 Å². The molecule has 0 saturated carbocycles. The lowest BCUT2D eigenvalue weighted by molar-refractivity contribution is 0.0185. The van der Waals surface area contributed by atoms with Crippen LogP contribution in [-0.2, 0) is 9.47 Å². The highest BCUT2D eigenvalue weighted by molar-refractivity contribution is 7.80. The van der Waals surface area contributed by atoms with Crippen LogP contribution in [0.3, 0.4) is 0 Å². The number of carbonyl (C=O) groups excluding carboxylic acids is 1. The van der Waals surface area contributed by atoms with Crippen molar-refractivity contribution in [1.82, 2.24) is 0 Å². The highest BCUT2D eigenvalue weighted by Gasteiger charge is 2.17. The average molecular weight is 266 g/mol. The molecule has 1 aromatic rings. The van der Waals surface area contributed by atoms with Crippen molar-refractivity contribution in [3.8, 4) is 0 Å². The van der Waals surface area contributed by atoms with E-state index in [0.29, 0.717) is 18.1 Å². The number of benzene rings is 1. The van der Waals surface area contributed by atoms with Crippen molar-refractivity contribution in [2.45, 2.75) is 24.7 Å². The molecule has 0 amide bonds. The fourth-order valence-electron chi connectivity index (χ4n) is 2.01. The number of esters is 1. The number of hydrogen-bond donors (Lipinski definition) is 1. The average Bonchev–Trinajstić information content (AvgIpc) is 2.40. The molecular weight excluding hydrogens is 248 g/mol. The predicted octanol–water partition coefficient (Wildman–Crippen LogP) is 2.87. The van der Waals surface area contributed by atoms with Gasteiger partial charge in [-0.15, -0.1) is 12.6 Å². The molecule has 0 radical (unpaired) electrons. The Kier molecular flexibility index (Phi) is 4.66. The van der Waals surface area contributed by atoms with Gasteiger partial charge in [0.05, 0.1) is 12.2 Å². The summed E-state index contributed by atoms with van der Waals surface area (Å²) in [6, 6.07) is 5.51. The van der Waals surface area contributed by atoms with Crippen molar-refractivity contribution in [3.63, 3.8) is 0 Å². The van der Waals surface area contributed by atoms with Crippen LogP contribution >= 0.6 is 12.6 Å². The van der Waals surface area contributed by atoms with Crippen LogP contribution in [0.2, 0.25) is 0 Å². The minimum atomic E-state index is -0.255. The van der Waals surface area contributed by atoms with Crippen molar-refractivity contribution >= 4 is 18.6 Å². The summed E-state index contributed by atoms with van der Waals surface area (Å²) >= 11 is 4.24. The van der Waals surface area contributed by atoms with Gasteiger partial charge in [-0.1, -0.05) is 6.07 Å². The van der Waals surface area contributed by atoms with Crippen LogP contribution in [0.5, 0.6) is 0 Å². The number of thiol groups is 1. The van der Waals surface area contributed by atoms with E-state index in [1.54, 1.807) is 6.07 Å². The molecule has 4 heteroatoms. The Labute approximate surface area is 113 Å². The summed E-state index contributed by atoms with van der Waals surface area (Å²) in [4.78, 5) is 12.7. The second-order valence-electron chi connectivity index (χ2n) is 4.65. The van der Waals surface area contributed by atoms with E-state index in [1.165, 1.54) is 0 Å². The maximum Gasteiger partial charge on any atom is 0.338 e. The molecule has 0 bridgehead atoms. The van der Waals surface area contributed by atoms with E-state index >= 15 is 0 Å². The lowest BCUT2D eigenvalue weighted by Gasteiger charge is -2.21. The van der Waals surface area contributed by atoms with Crippen LogP contribution in [0, 0.1) is 12.8 Å². The molecule has 0 N–H and O–H groups in total. The number of carbonyl (C=O) groups is 1. The fourth-order valence-corrected chi connectivity index (χ4v) is 2.22. The van der Waals surface area contributed by atoms with Crippen LogP contribution in [0.25, 0.3) is 0 Å². The van der Waals surface area contributed by atoms with E-state index < -0.39 is 0 Å². The molecule has 18 heavy (non-hydrogen) atoms. The van der Waals surface area contributed by atoms with Crippen molar-refractivity contribution in [1.29, 1.82) is 0 Å². The van der Waals surface area contributed by atoms with E-state index in [2.05, 4.69) is 12.6 Å². The zero-order valence-electron chi connectivity index (χ0n) is 10.5. The molecule has 1 aliphatic rings. The van der Waals surface area contributed by atoms with Gasteiger partial charge in [0.2, 0.25) is 0 Å². The third kappa shape index (κ3) is 3.50. The van der Waals surface area contributed by atoms with Gasteiger partial charge < -0.3 is 9.47 Å². The summed E-state index contributed by atoms with van der Waals surface area (Å²) in [7, 11) is 0. The van der Waals surface area contributed by atoms with Gasteiger partial charge in [0.15, 0.2) is 0 Å². The molecule has 98 valence electrons. The molecule has 0 aliphatic carbocycles. The Morgan fingerprint density at radius 2 is 2.17 bits per heavy atom. The summed E-state index contributed by atoms with van der Waals surface area (Å²) in [5, 5.41) is 0. The van der Waals surface area contributed by atoms with Crippen LogP contribution in [0.1, 0.15) is 28.8 Å². The van der Waals surface area contributed by atoms with Crippen LogP contribution < -0.4 is 0 Å². The molecule has 0 spiro atoms. The second-order valence-corrected chi connectivity index (χ2v) is 5.17. The van der Waals surface area contributed by atoms with Gasteiger partial charge in [-0.2, -0.15) is 0 Å². The topological polar surface area (TPSA) is 35.5 Å². The summed E-state index contributed by atoms with van der Waals surface area (Å²) < 4.78 is 10.7.